The second kappa shape index (κ2) is 4.87. The summed E-state index contributed by atoms with van der Waals surface area (Å²) in [5.41, 5.74) is 0. The van der Waals surface area contributed by atoms with Crippen molar-refractivity contribution in [2.75, 3.05) is 7.11 Å². The summed E-state index contributed by atoms with van der Waals surface area (Å²) in [5.74, 6) is 1.58. The molecule has 0 radical (unpaired) electrons. The number of methoxy groups -OCH3 is 1. The highest BCUT2D eigenvalue weighted by molar-refractivity contribution is 9.10. The Hall–Kier alpha value is -1.03. The molecule has 2 rings (SSSR count). The molecule has 1 aliphatic carbocycles. The third kappa shape index (κ3) is 2.38. The molecule has 16 heavy (non-hydrogen) atoms. The van der Waals surface area contributed by atoms with Gasteiger partial charge in [0.25, 0.3) is 0 Å². The van der Waals surface area contributed by atoms with E-state index in [0.717, 1.165) is 23.1 Å². The SMILES string of the molecule is COc1ccc(Br)c(OC2CCCC2=O)c1. The van der Waals surface area contributed by atoms with E-state index in [-0.39, 0.29) is 11.9 Å². The zero-order valence-corrected chi connectivity index (χ0v) is 10.6. The second-order valence-corrected chi connectivity index (χ2v) is 4.62. The zero-order valence-electron chi connectivity index (χ0n) is 9.03. The van der Waals surface area contributed by atoms with Crippen LogP contribution in [0.3, 0.4) is 0 Å². The fourth-order valence-corrected chi connectivity index (χ4v) is 2.10. The van der Waals surface area contributed by atoms with E-state index in [9.17, 15) is 4.79 Å². The molecule has 0 bridgehead atoms. The van der Waals surface area contributed by atoms with Crippen molar-refractivity contribution in [3.05, 3.63) is 22.7 Å². The molecule has 0 aliphatic heterocycles. The molecule has 86 valence electrons. The molecule has 3 nitrogen and oxygen atoms in total. The van der Waals surface area contributed by atoms with Crippen molar-refractivity contribution >= 4 is 21.7 Å². The first kappa shape index (κ1) is 11.5. The molecule has 1 aromatic carbocycles. The Kier molecular flexibility index (Phi) is 3.49. The molecule has 1 saturated carbocycles. The minimum Gasteiger partial charge on any atom is -0.497 e. The van der Waals surface area contributed by atoms with Gasteiger partial charge in [-0.2, -0.15) is 0 Å². The minimum atomic E-state index is -0.289. The number of carbonyl (C=O) groups excluding carboxylic acids is 1. The van der Waals surface area contributed by atoms with Crippen LogP contribution < -0.4 is 9.47 Å². The summed E-state index contributed by atoms with van der Waals surface area (Å²) < 4.78 is 11.6. The standard InChI is InChI=1S/C12H13BrO3/c1-15-8-5-6-9(13)12(7-8)16-11-4-2-3-10(11)14/h5-7,11H,2-4H2,1H3. The van der Waals surface area contributed by atoms with E-state index in [0.29, 0.717) is 12.2 Å². The monoisotopic (exact) mass is 284 g/mol. The first-order valence-electron chi connectivity index (χ1n) is 5.23. The van der Waals surface area contributed by atoms with Gasteiger partial charge in [0.1, 0.15) is 11.5 Å². The summed E-state index contributed by atoms with van der Waals surface area (Å²) in [5, 5.41) is 0. The Bertz CT molecular complexity index is 403. The average molecular weight is 285 g/mol. The summed E-state index contributed by atoms with van der Waals surface area (Å²) in [6.07, 6.45) is 2.07. The molecule has 1 aromatic rings. The Labute approximate surface area is 103 Å². The summed E-state index contributed by atoms with van der Waals surface area (Å²) in [6.45, 7) is 0. The lowest BCUT2D eigenvalue weighted by Crippen LogP contribution is -2.21. The van der Waals surface area contributed by atoms with Crippen LogP contribution in [0.1, 0.15) is 19.3 Å². The van der Waals surface area contributed by atoms with Crippen molar-refractivity contribution in [2.45, 2.75) is 25.4 Å². The highest BCUT2D eigenvalue weighted by Gasteiger charge is 2.26. The number of hydrogen-bond acceptors (Lipinski definition) is 3. The van der Waals surface area contributed by atoms with Gasteiger partial charge < -0.3 is 9.47 Å². The molecular formula is C12H13BrO3. The van der Waals surface area contributed by atoms with Crippen molar-refractivity contribution in [2.24, 2.45) is 0 Å². The molecule has 4 heteroatoms. The lowest BCUT2D eigenvalue weighted by atomic mass is 10.2. The fourth-order valence-electron chi connectivity index (χ4n) is 1.76. The van der Waals surface area contributed by atoms with Gasteiger partial charge in [-0.05, 0) is 40.9 Å². The van der Waals surface area contributed by atoms with Gasteiger partial charge in [-0.3, -0.25) is 4.79 Å². The first-order valence-corrected chi connectivity index (χ1v) is 6.03. The van der Waals surface area contributed by atoms with Crippen LogP contribution in [0.25, 0.3) is 0 Å². The fraction of sp³-hybridized carbons (Fsp3) is 0.417. The summed E-state index contributed by atoms with van der Waals surface area (Å²) >= 11 is 3.39. The van der Waals surface area contributed by atoms with E-state index in [2.05, 4.69) is 15.9 Å². The highest BCUT2D eigenvalue weighted by atomic mass is 79.9. The van der Waals surface area contributed by atoms with E-state index < -0.39 is 0 Å². The normalized spacial score (nSPS) is 19.9. The lowest BCUT2D eigenvalue weighted by Gasteiger charge is -2.14. The van der Waals surface area contributed by atoms with Crippen molar-refractivity contribution in [1.29, 1.82) is 0 Å². The number of ketones is 1. The van der Waals surface area contributed by atoms with Gasteiger partial charge in [-0.15, -0.1) is 0 Å². The van der Waals surface area contributed by atoms with Crippen LogP contribution in [0.15, 0.2) is 22.7 Å². The number of halogens is 1. The van der Waals surface area contributed by atoms with Crippen LogP contribution in [0, 0.1) is 0 Å². The van der Waals surface area contributed by atoms with Crippen molar-refractivity contribution < 1.29 is 14.3 Å². The number of ether oxygens (including phenoxy) is 2. The quantitative estimate of drug-likeness (QED) is 0.856. The van der Waals surface area contributed by atoms with Gasteiger partial charge in [-0.1, -0.05) is 0 Å². The van der Waals surface area contributed by atoms with Gasteiger partial charge in [0, 0.05) is 12.5 Å². The predicted octanol–water partition coefficient (Wildman–Crippen LogP) is 2.96. The molecule has 0 amide bonds. The molecule has 0 N–H and O–H groups in total. The van der Waals surface area contributed by atoms with Gasteiger partial charge in [0.15, 0.2) is 11.9 Å². The molecule has 1 fully saturated rings. The molecule has 0 heterocycles. The number of benzene rings is 1. The Morgan fingerprint density at radius 2 is 2.25 bits per heavy atom. The van der Waals surface area contributed by atoms with Gasteiger partial charge in [-0.25, -0.2) is 0 Å². The highest BCUT2D eigenvalue weighted by Crippen LogP contribution is 2.32. The average Bonchev–Trinajstić information content (AvgIpc) is 2.68. The molecule has 1 atom stereocenters. The number of hydrogen-bond donors (Lipinski definition) is 0. The molecular weight excluding hydrogens is 272 g/mol. The van der Waals surface area contributed by atoms with Crippen LogP contribution in [0.2, 0.25) is 0 Å². The molecule has 1 unspecified atom stereocenters. The van der Waals surface area contributed by atoms with Crippen molar-refractivity contribution in [3.8, 4) is 11.5 Å². The third-order valence-electron chi connectivity index (χ3n) is 2.66. The van der Waals surface area contributed by atoms with Crippen molar-refractivity contribution in [1.82, 2.24) is 0 Å². The lowest BCUT2D eigenvalue weighted by molar-refractivity contribution is -0.123. The maximum absolute atomic E-state index is 11.5. The molecule has 0 saturated heterocycles. The summed E-state index contributed by atoms with van der Waals surface area (Å²) in [6, 6.07) is 5.48. The number of carbonyl (C=O) groups is 1. The Morgan fingerprint density at radius 1 is 1.44 bits per heavy atom. The molecule has 0 spiro atoms. The maximum atomic E-state index is 11.5. The van der Waals surface area contributed by atoms with Gasteiger partial charge in [0.05, 0.1) is 11.6 Å². The van der Waals surface area contributed by atoms with E-state index in [1.54, 1.807) is 13.2 Å². The largest absolute Gasteiger partial charge is 0.497 e. The Balaban J connectivity index is 2.16. The van der Waals surface area contributed by atoms with E-state index in [1.165, 1.54) is 0 Å². The smallest absolute Gasteiger partial charge is 0.173 e. The first-order chi connectivity index (χ1) is 7.70. The zero-order chi connectivity index (χ0) is 11.5. The number of Topliss-reactive ketones (excluding diaryl/α,β-unsaturated/α-hetero) is 1. The third-order valence-corrected chi connectivity index (χ3v) is 3.31. The van der Waals surface area contributed by atoms with Gasteiger partial charge >= 0.3 is 0 Å². The van der Waals surface area contributed by atoms with Crippen LogP contribution >= 0.6 is 15.9 Å². The minimum absolute atomic E-state index is 0.190. The van der Waals surface area contributed by atoms with Crippen molar-refractivity contribution in [3.63, 3.8) is 0 Å². The van der Waals surface area contributed by atoms with Crippen LogP contribution in [0.5, 0.6) is 11.5 Å². The second-order valence-electron chi connectivity index (χ2n) is 3.76. The summed E-state index contributed by atoms with van der Waals surface area (Å²) in [7, 11) is 1.60. The van der Waals surface area contributed by atoms with E-state index >= 15 is 0 Å². The van der Waals surface area contributed by atoms with Crippen LogP contribution in [-0.2, 0) is 4.79 Å². The topological polar surface area (TPSA) is 35.5 Å². The Morgan fingerprint density at radius 3 is 2.88 bits per heavy atom. The maximum Gasteiger partial charge on any atom is 0.173 e. The number of rotatable bonds is 3. The summed E-state index contributed by atoms with van der Waals surface area (Å²) in [4.78, 5) is 11.5. The molecule has 0 aromatic heterocycles. The predicted molar refractivity (Wildman–Crippen MR) is 64.0 cm³/mol. The van der Waals surface area contributed by atoms with Crippen LogP contribution in [-0.4, -0.2) is 19.0 Å². The van der Waals surface area contributed by atoms with E-state index in [1.807, 2.05) is 12.1 Å². The van der Waals surface area contributed by atoms with Crippen LogP contribution in [0.4, 0.5) is 0 Å². The van der Waals surface area contributed by atoms with E-state index in [4.69, 9.17) is 9.47 Å². The molecule has 1 aliphatic rings. The van der Waals surface area contributed by atoms with Gasteiger partial charge in [0.2, 0.25) is 0 Å².